The van der Waals surface area contributed by atoms with Crippen LogP contribution in [0.2, 0.25) is 0 Å². The first-order valence-electron chi connectivity index (χ1n) is 4.71. The summed E-state index contributed by atoms with van der Waals surface area (Å²) in [6.07, 6.45) is 2.34. The number of nitrogens with one attached hydrogen (secondary N) is 1. The van der Waals surface area contributed by atoms with Gasteiger partial charge in [-0.15, -0.1) is 0 Å². The Bertz CT molecular complexity index is 204. The molecule has 0 spiro atoms. The topological polar surface area (TPSA) is 29.1 Å². The molecule has 1 amide bonds. The molecule has 0 unspecified atom stereocenters. The Morgan fingerprint density at radius 1 is 1.38 bits per heavy atom. The molecule has 0 aromatic heterocycles. The summed E-state index contributed by atoms with van der Waals surface area (Å²) in [7, 11) is 0. The second-order valence-electron chi connectivity index (χ2n) is 4.56. The highest BCUT2D eigenvalue weighted by molar-refractivity contribution is 5.87. The Morgan fingerprint density at radius 2 is 1.85 bits per heavy atom. The minimum absolute atomic E-state index is 0.0890. The molecule has 13 heavy (non-hydrogen) atoms. The predicted octanol–water partition coefficient (Wildman–Crippen LogP) is 2.50. The Balaban J connectivity index is 4.56. The van der Waals surface area contributed by atoms with Crippen molar-refractivity contribution in [3.63, 3.8) is 0 Å². The standard InChI is InChI=1S/C11H21NO/c1-7-9(13)12-11(5,6)10(3,4)8-2/h7H,1,8H2,2-6H3,(H,12,13). The van der Waals surface area contributed by atoms with E-state index in [1.54, 1.807) is 0 Å². The number of hydrogen-bond donors (Lipinski definition) is 1. The molecule has 2 heteroatoms. The monoisotopic (exact) mass is 183 g/mol. The molecule has 0 radical (unpaired) electrons. The zero-order valence-corrected chi connectivity index (χ0v) is 9.40. The van der Waals surface area contributed by atoms with Crippen LogP contribution in [0.25, 0.3) is 0 Å². The molecule has 0 aliphatic heterocycles. The van der Waals surface area contributed by atoms with Gasteiger partial charge in [-0.2, -0.15) is 0 Å². The fourth-order valence-electron chi connectivity index (χ4n) is 0.970. The van der Waals surface area contributed by atoms with Crippen molar-refractivity contribution in [3.05, 3.63) is 12.7 Å². The fourth-order valence-corrected chi connectivity index (χ4v) is 0.970. The van der Waals surface area contributed by atoms with Gasteiger partial charge in [-0.3, -0.25) is 4.79 Å². The van der Waals surface area contributed by atoms with Crippen molar-refractivity contribution < 1.29 is 4.79 Å². The summed E-state index contributed by atoms with van der Waals surface area (Å²) >= 11 is 0. The molecule has 76 valence electrons. The average molecular weight is 183 g/mol. The van der Waals surface area contributed by atoms with E-state index in [2.05, 4.69) is 32.7 Å². The van der Waals surface area contributed by atoms with E-state index in [1.807, 2.05) is 13.8 Å². The lowest BCUT2D eigenvalue weighted by molar-refractivity contribution is -0.119. The number of carbonyl (C=O) groups excluding carboxylic acids is 1. The predicted molar refractivity (Wildman–Crippen MR) is 56.5 cm³/mol. The van der Waals surface area contributed by atoms with Crippen molar-refractivity contribution in [1.82, 2.24) is 5.32 Å². The number of rotatable bonds is 4. The van der Waals surface area contributed by atoms with Crippen LogP contribution in [-0.4, -0.2) is 11.4 Å². The summed E-state index contributed by atoms with van der Waals surface area (Å²) < 4.78 is 0. The van der Waals surface area contributed by atoms with Gasteiger partial charge in [0.05, 0.1) is 0 Å². The summed E-state index contributed by atoms with van der Waals surface area (Å²) in [5.41, 5.74) is -0.112. The minimum Gasteiger partial charge on any atom is -0.347 e. The van der Waals surface area contributed by atoms with Crippen LogP contribution in [-0.2, 0) is 4.79 Å². The van der Waals surface area contributed by atoms with Crippen molar-refractivity contribution in [1.29, 1.82) is 0 Å². The first kappa shape index (κ1) is 12.2. The third-order valence-corrected chi connectivity index (χ3v) is 3.20. The highest BCUT2D eigenvalue weighted by Crippen LogP contribution is 2.33. The van der Waals surface area contributed by atoms with Gasteiger partial charge in [-0.05, 0) is 31.8 Å². The van der Waals surface area contributed by atoms with E-state index in [-0.39, 0.29) is 16.9 Å². The quantitative estimate of drug-likeness (QED) is 0.667. The van der Waals surface area contributed by atoms with Gasteiger partial charge in [0.2, 0.25) is 5.91 Å². The van der Waals surface area contributed by atoms with Crippen LogP contribution in [0.4, 0.5) is 0 Å². The lowest BCUT2D eigenvalue weighted by atomic mass is 9.72. The molecular weight excluding hydrogens is 162 g/mol. The lowest BCUT2D eigenvalue weighted by Gasteiger charge is -2.41. The first-order chi connectivity index (χ1) is 5.77. The molecule has 0 fully saturated rings. The molecule has 0 aliphatic carbocycles. The molecule has 0 bridgehead atoms. The molecule has 0 atom stereocenters. The SMILES string of the molecule is C=CC(=O)NC(C)(C)C(C)(C)CC. The molecule has 0 aliphatic rings. The molecule has 0 rings (SSSR count). The molecule has 0 saturated heterocycles. The highest BCUT2D eigenvalue weighted by atomic mass is 16.1. The van der Waals surface area contributed by atoms with E-state index in [0.717, 1.165) is 6.42 Å². The van der Waals surface area contributed by atoms with Crippen LogP contribution in [0.1, 0.15) is 41.0 Å². The van der Waals surface area contributed by atoms with E-state index in [1.165, 1.54) is 6.08 Å². The normalized spacial score (nSPS) is 12.4. The average Bonchev–Trinajstić information content (AvgIpc) is 2.03. The first-order valence-corrected chi connectivity index (χ1v) is 4.71. The van der Waals surface area contributed by atoms with E-state index in [9.17, 15) is 4.79 Å². The summed E-state index contributed by atoms with van der Waals surface area (Å²) in [6.45, 7) is 13.9. The fraction of sp³-hybridized carbons (Fsp3) is 0.727. The number of hydrogen-bond acceptors (Lipinski definition) is 1. The largest absolute Gasteiger partial charge is 0.347 e. The van der Waals surface area contributed by atoms with Crippen molar-refractivity contribution >= 4 is 5.91 Å². The van der Waals surface area contributed by atoms with Crippen molar-refractivity contribution in [3.8, 4) is 0 Å². The smallest absolute Gasteiger partial charge is 0.243 e. The van der Waals surface area contributed by atoms with Crippen molar-refractivity contribution in [2.75, 3.05) is 0 Å². The molecule has 0 saturated carbocycles. The zero-order chi connectivity index (χ0) is 10.7. The summed E-state index contributed by atoms with van der Waals surface area (Å²) in [6, 6.07) is 0. The zero-order valence-electron chi connectivity index (χ0n) is 9.40. The van der Waals surface area contributed by atoms with E-state index in [4.69, 9.17) is 0 Å². The molecule has 0 aromatic rings. The van der Waals surface area contributed by atoms with Crippen LogP contribution in [0.5, 0.6) is 0 Å². The second kappa shape index (κ2) is 3.95. The van der Waals surface area contributed by atoms with Crippen LogP contribution in [0.3, 0.4) is 0 Å². The van der Waals surface area contributed by atoms with Crippen molar-refractivity contribution in [2.24, 2.45) is 5.41 Å². The Kier molecular flexibility index (Phi) is 3.71. The minimum atomic E-state index is -0.201. The van der Waals surface area contributed by atoms with Crippen LogP contribution >= 0.6 is 0 Å². The van der Waals surface area contributed by atoms with Crippen LogP contribution < -0.4 is 5.32 Å². The second-order valence-corrected chi connectivity index (χ2v) is 4.56. The third-order valence-electron chi connectivity index (χ3n) is 3.20. The Hall–Kier alpha value is -0.790. The van der Waals surface area contributed by atoms with Gasteiger partial charge in [0.15, 0.2) is 0 Å². The maximum Gasteiger partial charge on any atom is 0.243 e. The highest BCUT2D eigenvalue weighted by Gasteiger charge is 2.35. The molecular formula is C11H21NO. The number of carbonyl (C=O) groups is 1. The lowest BCUT2D eigenvalue weighted by Crippen LogP contribution is -2.53. The van der Waals surface area contributed by atoms with Gasteiger partial charge >= 0.3 is 0 Å². The molecule has 0 heterocycles. The van der Waals surface area contributed by atoms with Gasteiger partial charge in [0, 0.05) is 5.54 Å². The van der Waals surface area contributed by atoms with Gasteiger partial charge in [-0.1, -0.05) is 27.4 Å². The van der Waals surface area contributed by atoms with Gasteiger partial charge in [0.1, 0.15) is 0 Å². The Labute approximate surface area is 81.4 Å². The van der Waals surface area contributed by atoms with Crippen LogP contribution in [0.15, 0.2) is 12.7 Å². The maximum absolute atomic E-state index is 11.2. The van der Waals surface area contributed by atoms with Gasteiger partial charge < -0.3 is 5.32 Å². The van der Waals surface area contributed by atoms with E-state index < -0.39 is 0 Å². The van der Waals surface area contributed by atoms with Gasteiger partial charge in [0.25, 0.3) is 0 Å². The van der Waals surface area contributed by atoms with E-state index in [0.29, 0.717) is 0 Å². The van der Waals surface area contributed by atoms with Crippen LogP contribution in [0, 0.1) is 5.41 Å². The van der Waals surface area contributed by atoms with Gasteiger partial charge in [-0.25, -0.2) is 0 Å². The molecule has 0 aromatic carbocycles. The van der Waals surface area contributed by atoms with Crippen molar-refractivity contribution in [2.45, 2.75) is 46.6 Å². The Morgan fingerprint density at radius 3 is 2.15 bits per heavy atom. The van der Waals surface area contributed by atoms with E-state index >= 15 is 0 Å². The molecule has 1 N–H and O–H groups in total. The maximum atomic E-state index is 11.2. The summed E-state index contributed by atoms with van der Waals surface area (Å²) in [5, 5.41) is 2.94. The summed E-state index contributed by atoms with van der Waals surface area (Å²) in [4.78, 5) is 11.2. The third kappa shape index (κ3) is 2.87. The number of amides is 1. The molecule has 2 nitrogen and oxygen atoms in total. The summed E-state index contributed by atoms with van der Waals surface area (Å²) in [5.74, 6) is -0.105.